The molecule has 2 rings (SSSR count). The summed E-state index contributed by atoms with van der Waals surface area (Å²) in [4.78, 5) is 47.0. The first-order chi connectivity index (χ1) is 14.8. The standard InChI is InChI=1S/C22H26N4O5/c1-14(2)24-22(30)26-18-10-6-16(7-11-18)21(29)25-17-8-4-15(5-9-17)12-19(27)23-13-20(28)31-3/h4-11,14H,12-13H2,1-3H3,(H,23,27)(H,25,29)(H2,24,26,30). The van der Waals surface area contributed by atoms with Crippen LogP contribution in [0.4, 0.5) is 16.2 Å². The van der Waals surface area contributed by atoms with Gasteiger partial charge in [0.05, 0.1) is 13.5 Å². The van der Waals surface area contributed by atoms with E-state index in [-0.39, 0.29) is 36.9 Å². The molecule has 9 heteroatoms. The summed E-state index contributed by atoms with van der Waals surface area (Å²) in [7, 11) is 1.25. The fourth-order valence-electron chi connectivity index (χ4n) is 2.53. The lowest BCUT2D eigenvalue weighted by atomic mass is 10.1. The molecule has 0 bridgehead atoms. The highest BCUT2D eigenvalue weighted by Crippen LogP contribution is 2.14. The fraction of sp³-hybridized carbons (Fsp3) is 0.273. The topological polar surface area (TPSA) is 126 Å². The first-order valence-corrected chi connectivity index (χ1v) is 9.68. The second kappa shape index (κ2) is 11.3. The molecule has 0 heterocycles. The van der Waals surface area contributed by atoms with Crippen molar-refractivity contribution in [3.63, 3.8) is 0 Å². The Hall–Kier alpha value is -3.88. The number of amides is 4. The number of urea groups is 1. The highest BCUT2D eigenvalue weighted by atomic mass is 16.5. The molecule has 4 amide bonds. The van der Waals surface area contributed by atoms with E-state index in [4.69, 9.17) is 0 Å². The first kappa shape index (κ1) is 23.4. The van der Waals surface area contributed by atoms with Crippen LogP contribution in [0.25, 0.3) is 0 Å². The van der Waals surface area contributed by atoms with Gasteiger partial charge in [-0.15, -0.1) is 0 Å². The van der Waals surface area contributed by atoms with Gasteiger partial charge in [-0.3, -0.25) is 14.4 Å². The highest BCUT2D eigenvalue weighted by Gasteiger charge is 2.09. The Kier molecular flexibility index (Phi) is 8.56. The van der Waals surface area contributed by atoms with Crippen LogP contribution in [-0.2, 0) is 20.7 Å². The number of carbonyl (C=O) groups excluding carboxylic acids is 4. The summed E-state index contributed by atoms with van der Waals surface area (Å²) >= 11 is 0. The van der Waals surface area contributed by atoms with Crippen LogP contribution >= 0.6 is 0 Å². The Bertz CT molecular complexity index is 924. The number of hydrogen-bond donors (Lipinski definition) is 4. The van der Waals surface area contributed by atoms with Gasteiger partial charge in [0.15, 0.2) is 0 Å². The Morgan fingerprint density at radius 3 is 2.03 bits per heavy atom. The molecule has 0 saturated carbocycles. The largest absolute Gasteiger partial charge is 0.468 e. The summed E-state index contributed by atoms with van der Waals surface area (Å²) in [5.74, 6) is -1.13. The van der Waals surface area contributed by atoms with Crippen molar-refractivity contribution >= 4 is 35.2 Å². The summed E-state index contributed by atoms with van der Waals surface area (Å²) in [6.07, 6.45) is 0.101. The summed E-state index contributed by atoms with van der Waals surface area (Å²) in [5.41, 5.74) is 2.31. The number of esters is 1. The zero-order valence-corrected chi connectivity index (χ0v) is 17.7. The number of methoxy groups -OCH3 is 1. The smallest absolute Gasteiger partial charge is 0.325 e. The van der Waals surface area contributed by atoms with Gasteiger partial charge in [-0.1, -0.05) is 12.1 Å². The van der Waals surface area contributed by atoms with Crippen molar-refractivity contribution in [3.05, 3.63) is 59.7 Å². The quantitative estimate of drug-likeness (QED) is 0.482. The van der Waals surface area contributed by atoms with Crippen LogP contribution in [-0.4, -0.2) is 43.5 Å². The molecular weight excluding hydrogens is 400 g/mol. The van der Waals surface area contributed by atoms with Gasteiger partial charge in [0, 0.05) is 23.0 Å². The lowest BCUT2D eigenvalue weighted by Crippen LogP contribution is -2.34. The van der Waals surface area contributed by atoms with E-state index in [0.29, 0.717) is 16.9 Å². The predicted octanol–water partition coefficient (Wildman–Crippen LogP) is 2.30. The van der Waals surface area contributed by atoms with Crippen molar-refractivity contribution in [2.75, 3.05) is 24.3 Å². The van der Waals surface area contributed by atoms with E-state index < -0.39 is 5.97 Å². The summed E-state index contributed by atoms with van der Waals surface area (Å²) in [6, 6.07) is 13.0. The molecule has 0 unspecified atom stereocenters. The van der Waals surface area contributed by atoms with Crippen molar-refractivity contribution < 1.29 is 23.9 Å². The Labute approximate surface area is 180 Å². The molecule has 0 atom stereocenters. The molecule has 0 radical (unpaired) electrons. The Balaban J connectivity index is 1.87. The minimum absolute atomic E-state index is 0.0192. The number of benzene rings is 2. The van der Waals surface area contributed by atoms with E-state index >= 15 is 0 Å². The second-order valence-corrected chi connectivity index (χ2v) is 7.01. The lowest BCUT2D eigenvalue weighted by Gasteiger charge is -2.11. The third-order valence-corrected chi connectivity index (χ3v) is 4.06. The van der Waals surface area contributed by atoms with Crippen LogP contribution in [0.1, 0.15) is 29.8 Å². The van der Waals surface area contributed by atoms with E-state index in [0.717, 1.165) is 5.56 Å². The van der Waals surface area contributed by atoms with Gasteiger partial charge in [0.1, 0.15) is 6.54 Å². The maximum absolute atomic E-state index is 12.4. The maximum Gasteiger partial charge on any atom is 0.325 e. The molecule has 31 heavy (non-hydrogen) atoms. The van der Waals surface area contributed by atoms with Gasteiger partial charge in [-0.05, 0) is 55.8 Å². The van der Waals surface area contributed by atoms with E-state index in [1.54, 1.807) is 48.5 Å². The number of carbonyl (C=O) groups is 4. The van der Waals surface area contributed by atoms with E-state index in [2.05, 4.69) is 26.0 Å². The zero-order chi connectivity index (χ0) is 22.8. The van der Waals surface area contributed by atoms with Crippen molar-refractivity contribution in [1.82, 2.24) is 10.6 Å². The normalized spacial score (nSPS) is 10.2. The monoisotopic (exact) mass is 426 g/mol. The van der Waals surface area contributed by atoms with Gasteiger partial charge in [-0.2, -0.15) is 0 Å². The molecule has 164 valence electrons. The maximum atomic E-state index is 12.4. The van der Waals surface area contributed by atoms with Crippen LogP contribution in [0.5, 0.6) is 0 Å². The van der Waals surface area contributed by atoms with Crippen LogP contribution < -0.4 is 21.3 Å². The molecule has 0 aliphatic heterocycles. The minimum Gasteiger partial charge on any atom is -0.468 e. The van der Waals surface area contributed by atoms with Gasteiger partial charge in [0.25, 0.3) is 5.91 Å². The van der Waals surface area contributed by atoms with E-state index in [1.807, 2.05) is 13.8 Å². The average Bonchev–Trinajstić information content (AvgIpc) is 2.73. The minimum atomic E-state index is -0.519. The lowest BCUT2D eigenvalue weighted by molar-refractivity contribution is -0.141. The van der Waals surface area contributed by atoms with Crippen LogP contribution in [0.2, 0.25) is 0 Å². The van der Waals surface area contributed by atoms with Gasteiger partial charge < -0.3 is 26.0 Å². The van der Waals surface area contributed by atoms with Gasteiger partial charge >= 0.3 is 12.0 Å². The molecule has 4 N–H and O–H groups in total. The molecule has 2 aromatic carbocycles. The van der Waals surface area contributed by atoms with Crippen molar-refractivity contribution in [1.29, 1.82) is 0 Å². The molecule has 0 saturated heterocycles. The van der Waals surface area contributed by atoms with E-state index in [1.165, 1.54) is 7.11 Å². The third-order valence-electron chi connectivity index (χ3n) is 4.06. The number of rotatable bonds is 8. The average molecular weight is 426 g/mol. The summed E-state index contributed by atoms with van der Waals surface area (Å²) in [6.45, 7) is 3.54. The molecule has 0 aliphatic rings. The SMILES string of the molecule is COC(=O)CNC(=O)Cc1ccc(NC(=O)c2ccc(NC(=O)NC(C)C)cc2)cc1. The van der Waals surface area contributed by atoms with Crippen LogP contribution in [0.3, 0.4) is 0 Å². The zero-order valence-electron chi connectivity index (χ0n) is 17.7. The fourth-order valence-corrected chi connectivity index (χ4v) is 2.53. The van der Waals surface area contributed by atoms with Crippen LogP contribution in [0, 0.1) is 0 Å². The van der Waals surface area contributed by atoms with Crippen molar-refractivity contribution in [2.24, 2.45) is 0 Å². The highest BCUT2D eigenvalue weighted by molar-refractivity contribution is 6.04. The number of ether oxygens (including phenoxy) is 1. The molecule has 0 spiro atoms. The molecule has 9 nitrogen and oxygen atoms in total. The molecule has 0 aliphatic carbocycles. The predicted molar refractivity (Wildman–Crippen MR) is 117 cm³/mol. The number of hydrogen-bond acceptors (Lipinski definition) is 5. The van der Waals surface area contributed by atoms with Crippen LogP contribution in [0.15, 0.2) is 48.5 Å². The third kappa shape index (κ3) is 8.17. The van der Waals surface area contributed by atoms with Crippen molar-refractivity contribution in [3.8, 4) is 0 Å². The molecule has 2 aromatic rings. The number of nitrogens with one attached hydrogen (secondary N) is 4. The van der Waals surface area contributed by atoms with Gasteiger partial charge in [0.2, 0.25) is 5.91 Å². The van der Waals surface area contributed by atoms with Gasteiger partial charge in [-0.25, -0.2) is 4.79 Å². The molecule has 0 aromatic heterocycles. The number of anilines is 2. The molecular formula is C22H26N4O5. The Morgan fingerprint density at radius 1 is 0.871 bits per heavy atom. The Morgan fingerprint density at radius 2 is 1.45 bits per heavy atom. The first-order valence-electron chi connectivity index (χ1n) is 9.68. The van der Waals surface area contributed by atoms with E-state index in [9.17, 15) is 19.2 Å². The van der Waals surface area contributed by atoms with Crippen molar-refractivity contribution in [2.45, 2.75) is 26.3 Å². The second-order valence-electron chi connectivity index (χ2n) is 7.01. The summed E-state index contributed by atoms with van der Waals surface area (Å²) < 4.78 is 4.46. The molecule has 0 fully saturated rings. The summed E-state index contributed by atoms with van der Waals surface area (Å²) in [5, 5.41) is 10.6.